The molecule has 0 aromatic carbocycles. The molecule has 0 bridgehead atoms. The molecule has 2 unspecified atom stereocenters. The molecule has 2 rings (SSSR count). The molecule has 0 aliphatic carbocycles. The fourth-order valence-corrected chi connectivity index (χ4v) is 2.37. The van der Waals surface area contributed by atoms with Gasteiger partial charge in [-0.3, -0.25) is 9.67 Å². The van der Waals surface area contributed by atoms with E-state index in [0.29, 0.717) is 5.56 Å². The summed E-state index contributed by atoms with van der Waals surface area (Å²) >= 11 is 5.89. The van der Waals surface area contributed by atoms with Gasteiger partial charge in [-0.1, -0.05) is 11.6 Å². The van der Waals surface area contributed by atoms with Crippen LogP contribution in [0, 0.1) is 0 Å². The van der Waals surface area contributed by atoms with Crippen molar-refractivity contribution < 1.29 is 18.3 Å². The Hall–Kier alpha value is -1.64. The van der Waals surface area contributed by atoms with Crippen LogP contribution in [-0.2, 0) is 13.2 Å². The second kappa shape index (κ2) is 6.86. The monoisotopic (exact) mass is 348 g/mol. The zero-order valence-corrected chi connectivity index (χ0v) is 13.2. The first-order valence-corrected chi connectivity index (χ1v) is 7.19. The Morgan fingerprint density at radius 1 is 1.39 bits per heavy atom. The molecule has 0 saturated heterocycles. The van der Waals surface area contributed by atoms with Gasteiger partial charge in [0.05, 0.1) is 28.6 Å². The van der Waals surface area contributed by atoms with Crippen LogP contribution in [0.2, 0.25) is 5.02 Å². The highest BCUT2D eigenvalue weighted by Gasteiger charge is 2.32. The number of aliphatic hydroxyl groups is 1. The zero-order chi connectivity index (χ0) is 17.2. The van der Waals surface area contributed by atoms with E-state index in [1.54, 1.807) is 31.0 Å². The Balaban J connectivity index is 2.02. The number of nitrogens with one attached hydrogen (secondary N) is 1. The first-order valence-electron chi connectivity index (χ1n) is 6.81. The molecule has 23 heavy (non-hydrogen) atoms. The molecule has 2 atom stereocenters. The van der Waals surface area contributed by atoms with Crippen LogP contribution in [0.4, 0.5) is 13.2 Å². The van der Waals surface area contributed by atoms with Crippen LogP contribution in [0.25, 0.3) is 0 Å². The highest BCUT2D eigenvalue weighted by molar-refractivity contribution is 6.31. The summed E-state index contributed by atoms with van der Waals surface area (Å²) in [5.74, 6) is 0. The first kappa shape index (κ1) is 17.7. The molecule has 2 N–H and O–H groups in total. The Kier molecular flexibility index (Phi) is 5.28. The summed E-state index contributed by atoms with van der Waals surface area (Å²) in [6.45, 7) is 1.89. The number of aromatic nitrogens is 3. The number of hydrogen-bond acceptors (Lipinski definition) is 4. The minimum Gasteiger partial charge on any atom is -0.387 e. The summed E-state index contributed by atoms with van der Waals surface area (Å²) in [4.78, 5) is 3.79. The van der Waals surface area contributed by atoms with Gasteiger partial charge >= 0.3 is 6.18 Å². The molecule has 2 heterocycles. The third-order valence-electron chi connectivity index (χ3n) is 3.33. The van der Waals surface area contributed by atoms with E-state index in [1.165, 1.54) is 0 Å². The van der Waals surface area contributed by atoms with Gasteiger partial charge in [0.1, 0.15) is 0 Å². The molecule has 5 nitrogen and oxygen atoms in total. The van der Waals surface area contributed by atoms with Crippen molar-refractivity contribution >= 4 is 11.6 Å². The van der Waals surface area contributed by atoms with Crippen LogP contribution in [0.1, 0.15) is 35.9 Å². The number of pyridine rings is 1. The van der Waals surface area contributed by atoms with E-state index in [9.17, 15) is 18.3 Å². The number of nitrogens with zero attached hydrogens (tertiary/aromatic N) is 3. The molecule has 0 aliphatic rings. The molecule has 126 valence electrons. The summed E-state index contributed by atoms with van der Waals surface area (Å²) in [6, 6.07) is 0.427. The second-order valence-corrected chi connectivity index (χ2v) is 5.59. The topological polar surface area (TPSA) is 63.0 Å². The van der Waals surface area contributed by atoms with E-state index in [4.69, 9.17) is 11.6 Å². The standard InChI is InChI=1S/C14H16ClF3N4O/c1-8(19-6-12(23)9-4-21-22(2)7-9)13-11(15)3-10(5-20-13)14(16,17)18/h3-5,7-8,12,19,23H,6H2,1-2H3. The van der Waals surface area contributed by atoms with E-state index in [1.807, 2.05) is 0 Å². The molecule has 0 spiro atoms. The number of alkyl halides is 3. The van der Waals surface area contributed by atoms with Crippen molar-refractivity contribution in [3.63, 3.8) is 0 Å². The van der Waals surface area contributed by atoms with Crippen LogP contribution in [-0.4, -0.2) is 26.4 Å². The molecule has 0 fully saturated rings. The van der Waals surface area contributed by atoms with Gasteiger partial charge < -0.3 is 10.4 Å². The van der Waals surface area contributed by atoms with Gasteiger partial charge in [-0.2, -0.15) is 18.3 Å². The Bertz CT molecular complexity index is 674. The lowest BCUT2D eigenvalue weighted by Gasteiger charge is -2.18. The number of halogens is 4. The summed E-state index contributed by atoms with van der Waals surface area (Å²) in [5, 5.41) is 16.9. The maximum absolute atomic E-state index is 12.6. The van der Waals surface area contributed by atoms with E-state index < -0.39 is 23.9 Å². The fraction of sp³-hybridized carbons (Fsp3) is 0.429. The van der Waals surface area contributed by atoms with Crippen LogP contribution in [0.5, 0.6) is 0 Å². The molecule has 9 heteroatoms. The van der Waals surface area contributed by atoms with E-state index in [-0.39, 0.29) is 17.3 Å². The second-order valence-electron chi connectivity index (χ2n) is 5.18. The third-order valence-corrected chi connectivity index (χ3v) is 3.64. The molecule has 0 radical (unpaired) electrons. The molecule has 0 amide bonds. The normalized spacial score (nSPS) is 14.7. The Morgan fingerprint density at radius 2 is 2.09 bits per heavy atom. The predicted octanol–water partition coefficient (Wildman–Crippen LogP) is 2.87. The van der Waals surface area contributed by atoms with Crippen LogP contribution < -0.4 is 5.32 Å². The van der Waals surface area contributed by atoms with Gasteiger partial charge in [0.15, 0.2) is 0 Å². The maximum atomic E-state index is 12.6. The highest BCUT2D eigenvalue weighted by atomic mass is 35.5. The molecular weight excluding hydrogens is 333 g/mol. The number of rotatable bonds is 5. The smallest absolute Gasteiger partial charge is 0.387 e. The van der Waals surface area contributed by atoms with Crippen LogP contribution in [0.15, 0.2) is 24.7 Å². The Labute approximate surface area is 136 Å². The minimum absolute atomic E-state index is 0.0734. The molecular formula is C14H16ClF3N4O. The van der Waals surface area contributed by atoms with E-state index in [0.717, 1.165) is 12.3 Å². The van der Waals surface area contributed by atoms with Crippen LogP contribution >= 0.6 is 11.6 Å². The first-order chi connectivity index (χ1) is 10.7. The molecule has 2 aromatic rings. The number of aliphatic hydroxyl groups excluding tert-OH is 1. The Morgan fingerprint density at radius 3 is 2.61 bits per heavy atom. The van der Waals surface area contributed by atoms with Gasteiger partial charge in [-0.05, 0) is 13.0 Å². The van der Waals surface area contributed by atoms with Crippen LogP contribution in [0.3, 0.4) is 0 Å². The summed E-state index contributed by atoms with van der Waals surface area (Å²) in [6.07, 6.45) is -1.31. The SMILES string of the molecule is CC(NCC(O)c1cnn(C)c1)c1ncc(C(F)(F)F)cc1Cl. The lowest BCUT2D eigenvalue weighted by Crippen LogP contribution is -2.25. The van der Waals surface area contributed by atoms with E-state index in [2.05, 4.69) is 15.4 Å². The van der Waals surface area contributed by atoms with E-state index >= 15 is 0 Å². The van der Waals surface area contributed by atoms with Crippen molar-refractivity contribution in [1.29, 1.82) is 0 Å². The minimum atomic E-state index is -4.48. The summed E-state index contributed by atoms with van der Waals surface area (Å²) in [5.41, 5.74) is 0.0329. The number of hydrogen-bond donors (Lipinski definition) is 2. The molecule has 2 aromatic heterocycles. The summed E-state index contributed by atoms with van der Waals surface area (Å²) in [7, 11) is 1.73. The average molecular weight is 349 g/mol. The lowest BCUT2D eigenvalue weighted by atomic mass is 10.1. The van der Waals surface area contributed by atoms with Crippen molar-refractivity contribution in [2.45, 2.75) is 25.2 Å². The van der Waals surface area contributed by atoms with Crippen molar-refractivity contribution in [3.05, 3.63) is 46.5 Å². The lowest BCUT2D eigenvalue weighted by molar-refractivity contribution is -0.137. The maximum Gasteiger partial charge on any atom is 0.417 e. The van der Waals surface area contributed by atoms with Crippen molar-refractivity contribution in [2.24, 2.45) is 7.05 Å². The van der Waals surface area contributed by atoms with Gasteiger partial charge in [0, 0.05) is 37.6 Å². The predicted molar refractivity (Wildman–Crippen MR) is 78.8 cm³/mol. The average Bonchev–Trinajstić information content (AvgIpc) is 2.90. The van der Waals surface area contributed by atoms with Gasteiger partial charge in [0.2, 0.25) is 0 Å². The fourth-order valence-electron chi connectivity index (χ4n) is 2.04. The van der Waals surface area contributed by atoms with Gasteiger partial charge in [-0.15, -0.1) is 0 Å². The molecule has 0 aliphatic heterocycles. The van der Waals surface area contributed by atoms with Crippen molar-refractivity contribution in [3.8, 4) is 0 Å². The van der Waals surface area contributed by atoms with Gasteiger partial charge in [-0.25, -0.2) is 0 Å². The largest absolute Gasteiger partial charge is 0.417 e. The van der Waals surface area contributed by atoms with Crippen molar-refractivity contribution in [2.75, 3.05) is 6.54 Å². The zero-order valence-electron chi connectivity index (χ0n) is 12.5. The van der Waals surface area contributed by atoms with Gasteiger partial charge in [0.25, 0.3) is 0 Å². The quantitative estimate of drug-likeness (QED) is 0.872. The van der Waals surface area contributed by atoms with Crippen molar-refractivity contribution in [1.82, 2.24) is 20.1 Å². The summed E-state index contributed by atoms with van der Waals surface area (Å²) < 4.78 is 39.3. The number of aryl methyl sites for hydroxylation is 1. The highest BCUT2D eigenvalue weighted by Crippen LogP contribution is 2.32. The molecule has 0 saturated carbocycles. The third kappa shape index (κ3) is 4.43.